The van der Waals surface area contributed by atoms with Gasteiger partial charge in [-0.05, 0) is 49.4 Å². The Kier molecular flexibility index (Phi) is 9.48. The van der Waals surface area contributed by atoms with Gasteiger partial charge < -0.3 is 35.6 Å². The van der Waals surface area contributed by atoms with Crippen LogP contribution in [-0.4, -0.2) is 62.2 Å². The van der Waals surface area contributed by atoms with Crippen LogP contribution in [0.1, 0.15) is 15.9 Å². The summed E-state index contributed by atoms with van der Waals surface area (Å²) >= 11 is 0. The molecule has 0 unspecified atom stereocenters. The molecule has 0 aliphatic rings. The molecule has 0 bridgehead atoms. The quantitative estimate of drug-likeness (QED) is 0.100. The number of aromatic nitrogens is 4. The van der Waals surface area contributed by atoms with Crippen LogP contribution in [0.3, 0.4) is 0 Å². The van der Waals surface area contributed by atoms with Crippen molar-refractivity contribution in [2.45, 2.75) is 6.92 Å². The Labute approximate surface area is 280 Å². The van der Waals surface area contributed by atoms with E-state index >= 15 is 0 Å². The standard InChI is InChI=1S/C35H32N8O6/c1-21-7-10-23(11-8-21)43-30(20-31(45)42-43)40-35(47)39-26-13-14-28(25-6-4-3-5-24(25)26)49-32-15-16-37-34(41-32)38-27-12-9-22(19-29(27)48-2)33(46)36-17-18-44/h3-16,19-20,44H,17-18H2,1-2H3,(H,36,46)(H,42,45)(H,37,38,41)(H2,39,40,47). The van der Waals surface area contributed by atoms with Crippen LogP contribution in [0.25, 0.3) is 16.5 Å². The van der Waals surface area contributed by atoms with Crippen molar-refractivity contribution in [3.05, 3.63) is 108 Å². The molecule has 0 spiro atoms. The van der Waals surface area contributed by atoms with Crippen molar-refractivity contribution in [1.29, 1.82) is 0 Å². The van der Waals surface area contributed by atoms with E-state index in [-0.39, 0.29) is 42.6 Å². The third-order valence-corrected chi connectivity index (χ3v) is 7.30. The Hall–Kier alpha value is -6.67. The number of anilines is 4. The van der Waals surface area contributed by atoms with Crippen LogP contribution in [0.2, 0.25) is 0 Å². The maximum Gasteiger partial charge on any atom is 0.324 e. The first kappa shape index (κ1) is 32.3. The number of fused-ring (bicyclic) bond motifs is 1. The average molecular weight is 661 g/mol. The topological polar surface area (TPSA) is 185 Å². The van der Waals surface area contributed by atoms with Crippen molar-refractivity contribution in [3.8, 4) is 28.9 Å². The monoisotopic (exact) mass is 660 g/mol. The zero-order chi connectivity index (χ0) is 34.3. The van der Waals surface area contributed by atoms with Gasteiger partial charge in [0.1, 0.15) is 17.3 Å². The number of aromatic hydroxyl groups is 1. The molecule has 6 aromatic rings. The van der Waals surface area contributed by atoms with Crippen LogP contribution in [0.4, 0.5) is 27.9 Å². The lowest BCUT2D eigenvalue weighted by Gasteiger charge is -2.15. The fourth-order valence-corrected chi connectivity index (χ4v) is 4.98. The summed E-state index contributed by atoms with van der Waals surface area (Å²) in [5.41, 5.74) is 3.15. The van der Waals surface area contributed by atoms with Gasteiger partial charge in [-0.2, -0.15) is 4.98 Å². The fraction of sp³-hybridized carbons (Fsp3) is 0.114. The van der Waals surface area contributed by atoms with Crippen molar-refractivity contribution in [1.82, 2.24) is 25.1 Å². The molecular formula is C35H32N8O6. The predicted molar refractivity (Wildman–Crippen MR) is 184 cm³/mol. The number of methoxy groups -OCH3 is 1. The smallest absolute Gasteiger partial charge is 0.324 e. The van der Waals surface area contributed by atoms with Crippen LogP contribution in [0, 0.1) is 6.92 Å². The van der Waals surface area contributed by atoms with Gasteiger partial charge in [-0.25, -0.2) is 14.5 Å². The van der Waals surface area contributed by atoms with Gasteiger partial charge in [0, 0.05) is 41.2 Å². The molecule has 4 aromatic carbocycles. The highest BCUT2D eigenvalue weighted by Crippen LogP contribution is 2.35. The molecule has 3 amide bonds. The predicted octanol–water partition coefficient (Wildman–Crippen LogP) is 5.74. The number of nitrogens with zero attached hydrogens (tertiary/aromatic N) is 4. The van der Waals surface area contributed by atoms with E-state index in [0.29, 0.717) is 44.9 Å². The molecule has 14 nitrogen and oxygen atoms in total. The van der Waals surface area contributed by atoms with E-state index in [1.165, 1.54) is 24.1 Å². The van der Waals surface area contributed by atoms with Crippen LogP contribution >= 0.6 is 0 Å². The number of benzene rings is 4. The molecule has 6 rings (SSSR count). The van der Waals surface area contributed by atoms with Crippen molar-refractivity contribution in [3.63, 3.8) is 0 Å². The highest BCUT2D eigenvalue weighted by Gasteiger charge is 2.16. The molecule has 0 radical (unpaired) electrons. The van der Waals surface area contributed by atoms with E-state index in [4.69, 9.17) is 14.6 Å². The van der Waals surface area contributed by atoms with Crippen LogP contribution in [-0.2, 0) is 0 Å². The maximum atomic E-state index is 13.1. The van der Waals surface area contributed by atoms with Crippen molar-refractivity contribution < 1.29 is 29.3 Å². The number of hydrogen-bond donors (Lipinski definition) is 6. The molecule has 0 atom stereocenters. The molecule has 0 saturated carbocycles. The van der Waals surface area contributed by atoms with E-state index in [2.05, 4.69) is 36.3 Å². The van der Waals surface area contributed by atoms with Crippen LogP contribution < -0.4 is 30.7 Å². The number of amides is 3. The highest BCUT2D eigenvalue weighted by atomic mass is 16.5. The fourth-order valence-electron chi connectivity index (χ4n) is 4.98. The van der Waals surface area contributed by atoms with Crippen LogP contribution in [0.5, 0.6) is 23.3 Å². The number of aliphatic hydroxyl groups is 1. The summed E-state index contributed by atoms with van der Waals surface area (Å²) in [6.45, 7) is 1.94. The summed E-state index contributed by atoms with van der Waals surface area (Å²) in [5.74, 6) is 1.07. The highest BCUT2D eigenvalue weighted by molar-refractivity contribution is 6.07. The van der Waals surface area contributed by atoms with E-state index < -0.39 is 6.03 Å². The van der Waals surface area contributed by atoms with Gasteiger partial charge in [0.2, 0.25) is 17.7 Å². The summed E-state index contributed by atoms with van der Waals surface area (Å²) in [6.07, 6.45) is 1.54. The molecular weight excluding hydrogens is 628 g/mol. The Balaban J connectivity index is 1.18. The molecule has 248 valence electrons. The SMILES string of the molecule is COc1cc(C(=O)NCCO)ccc1Nc1nccc(Oc2ccc(NC(=O)Nc3cc(O)nn3-c3ccc(C)cc3)c3ccccc23)n1. The lowest BCUT2D eigenvalue weighted by molar-refractivity contribution is 0.0944. The second kappa shape index (κ2) is 14.4. The first-order valence-corrected chi connectivity index (χ1v) is 15.1. The minimum absolute atomic E-state index is 0.139. The van der Waals surface area contributed by atoms with Gasteiger partial charge in [0.15, 0.2) is 0 Å². The number of nitrogens with one attached hydrogen (secondary N) is 4. The van der Waals surface area contributed by atoms with E-state index in [9.17, 15) is 14.7 Å². The molecule has 0 saturated heterocycles. The summed E-state index contributed by atoms with van der Waals surface area (Å²) < 4.78 is 13.1. The second-order valence-electron chi connectivity index (χ2n) is 10.7. The number of aryl methyl sites for hydroxylation is 1. The molecule has 2 heterocycles. The molecule has 49 heavy (non-hydrogen) atoms. The van der Waals surface area contributed by atoms with Gasteiger partial charge >= 0.3 is 6.03 Å². The average Bonchev–Trinajstić information content (AvgIpc) is 3.48. The van der Waals surface area contributed by atoms with Crippen LogP contribution in [0.15, 0.2) is 97.2 Å². The van der Waals surface area contributed by atoms with E-state index in [1.807, 2.05) is 55.5 Å². The van der Waals surface area contributed by atoms with Gasteiger partial charge in [0.25, 0.3) is 5.91 Å². The Morgan fingerprint density at radius 3 is 2.43 bits per heavy atom. The number of rotatable bonds is 11. The summed E-state index contributed by atoms with van der Waals surface area (Å²) in [7, 11) is 1.48. The Morgan fingerprint density at radius 2 is 1.65 bits per heavy atom. The van der Waals surface area contributed by atoms with Crippen molar-refractivity contribution >= 4 is 45.9 Å². The Morgan fingerprint density at radius 1 is 0.878 bits per heavy atom. The van der Waals surface area contributed by atoms with Crippen molar-refractivity contribution in [2.24, 2.45) is 0 Å². The number of carbonyl (C=O) groups excluding carboxylic acids is 2. The van der Waals surface area contributed by atoms with E-state index in [1.54, 1.807) is 36.4 Å². The first-order chi connectivity index (χ1) is 23.8. The zero-order valence-electron chi connectivity index (χ0n) is 26.5. The second-order valence-corrected chi connectivity index (χ2v) is 10.7. The molecule has 0 aliphatic heterocycles. The Bertz CT molecular complexity index is 2130. The van der Waals surface area contributed by atoms with Gasteiger partial charge in [-0.1, -0.05) is 42.0 Å². The number of aliphatic hydroxyl groups excluding tert-OH is 1. The summed E-state index contributed by atoms with van der Waals surface area (Å²) in [5, 5.41) is 35.9. The van der Waals surface area contributed by atoms with E-state index in [0.717, 1.165) is 5.56 Å². The number of ether oxygens (including phenoxy) is 2. The molecule has 0 aliphatic carbocycles. The summed E-state index contributed by atoms with van der Waals surface area (Å²) in [4.78, 5) is 34.2. The molecule has 2 aromatic heterocycles. The lowest BCUT2D eigenvalue weighted by Crippen LogP contribution is -2.26. The normalized spacial score (nSPS) is 10.8. The molecule has 6 N–H and O–H groups in total. The number of hydrogen-bond acceptors (Lipinski definition) is 10. The minimum Gasteiger partial charge on any atom is -0.495 e. The number of urea groups is 1. The van der Waals surface area contributed by atoms with Gasteiger partial charge in [-0.15, -0.1) is 5.10 Å². The van der Waals surface area contributed by atoms with Crippen molar-refractivity contribution in [2.75, 3.05) is 36.2 Å². The van der Waals surface area contributed by atoms with Gasteiger partial charge in [0.05, 0.1) is 30.8 Å². The molecule has 0 fully saturated rings. The molecule has 14 heteroatoms. The summed E-state index contributed by atoms with van der Waals surface area (Å²) in [6, 6.07) is 25.6. The zero-order valence-corrected chi connectivity index (χ0v) is 26.5. The third-order valence-electron chi connectivity index (χ3n) is 7.30. The largest absolute Gasteiger partial charge is 0.495 e. The number of carbonyl (C=O) groups is 2. The van der Waals surface area contributed by atoms with Gasteiger partial charge in [-0.3, -0.25) is 10.1 Å². The first-order valence-electron chi connectivity index (χ1n) is 15.1. The maximum absolute atomic E-state index is 13.1. The lowest BCUT2D eigenvalue weighted by atomic mass is 10.1. The third kappa shape index (κ3) is 7.50. The minimum atomic E-state index is -0.534.